The molecule has 0 fully saturated rings. The minimum absolute atomic E-state index is 0. The molecule has 0 amide bonds. The van der Waals surface area contributed by atoms with Gasteiger partial charge in [-0.2, -0.15) is 0 Å². The number of benzene rings is 19. The topological polar surface area (TPSA) is 0 Å². The van der Waals surface area contributed by atoms with E-state index >= 15 is 0 Å². The molecule has 0 aliphatic rings. The number of fused-ring (bicyclic) bond motifs is 12. The Labute approximate surface area is 844 Å². The summed E-state index contributed by atoms with van der Waals surface area (Å²) in [4.78, 5) is 0. The van der Waals surface area contributed by atoms with Crippen molar-refractivity contribution in [1.82, 2.24) is 0 Å². The van der Waals surface area contributed by atoms with Gasteiger partial charge in [0.2, 0.25) is 0 Å². The lowest BCUT2D eigenvalue weighted by molar-refractivity contribution is 0.590. The van der Waals surface area contributed by atoms with Crippen molar-refractivity contribution in [2.75, 3.05) is 0 Å². The predicted molar refractivity (Wildman–Crippen MR) is 579 cm³/mol. The fraction of sp³-hybridized carbons (Fsp3) is 0.231. The lowest BCUT2D eigenvalue weighted by Gasteiger charge is -2.23. The molecule has 0 heteroatoms. The Hall–Kier alpha value is -13.0. The quantitative estimate of drug-likeness (QED) is 0.151. The normalized spacial score (nSPS) is 16.5. The third-order valence-electron chi connectivity index (χ3n) is 21.0. The Morgan fingerprint density at radius 3 is 1.03 bits per heavy atom. The van der Waals surface area contributed by atoms with E-state index in [4.69, 9.17) is 61.7 Å². The first-order valence-corrected chi connectivity index (χ1v) is 42.2. The summed E-state index contributed by atoms with van der Waals surface area (Å²) < 4.78 is 364. The second-order valence-corrected chi connectivity index (χ2v) is 37.9. The zero-order valence-corrected chi connectivity index (χ0v) is 76.4. The summed E-state index contributed by atoms with van der Waals surface area (Å²) >= 11 is 0. The number of hydrogen-bond acceptors (Lipinski definition) is 0. The van der Waals surface area contributed by atoms with Crippen molar-refractivity contribution in [3.63, 3.8) is 0 Å². The predicted octanol–water partition coefficient (Wildman–Crippen LogP) is 38.6. The van der Waals surface area contributed by atoms with E-state index in [2.05, 4.69) is 141 Å². The van der Waals surface area contributed by atoms with E-state index in [0.29, 0.717) is 27.8 Å². The minimum atomic E-state index is -0.736. The fourth-order valence-electron chi connectivity index (χ4n) is 13.8. The Kier molecular flexibility index (Phi) is 17.2. The van der Waals surface area contributed by atoms with Crippen molar-refractivity contribution < 1.29 is 61.7 Å². The van der Waals surface area contributed by atoms with Crippen LogP contribution in [-0.2, 0) is 37.9 Å². The molecule has 0 aliphatic heterocycles. The molecule has 0 radical (unpaired) electrons. The van der Waals surface area contributed by atoms with E-state index in [9.17, 15) is 0 Å². The Bertz CT molecular complexity index is 9540. The van der Waals surface area contributed by atoms with E-state index in [1.54, 1.807) is 59.7 Å². The first-order valence-electron chi connectivity index (χ1n) is 64.7. The van der Waals surface area contributed by atoms with Crippen LogP contribution in [0.1, 0.15) is 261 Å². The van der Waals surface area contributed by atoms with Gasteiger partial charge in [-0.05, 0) is 220 Å². The SMILES string of the molecule is C.C.CC(C)(C)c1ccccc1-c1cccc2c1ccc1ccccc12.[2H]c1c([2H])c([2H])c(-c2cc(-c3c([2H])c([2H])c([2H])c([2H])c3[2H])cc(C(C)(C)C)c2)c([2H])c1[2H].[2H]c1c([2H])c([2H])c(-c2ccc(C(C)(C)C)cc2)c([2H])c1[2H].[2H]c1c([2H])c([2H])c(-c2cccc(C(C)(C)C)c2)c([2H])c1[2H].[2H]c1c([2H])c([2H])c(C(C)(C)C)c([2H])c1[2H].[2H]c1c([2H])c([2H])c2c(c1[2H])c([2H])c([2H])c1c([2H])c(C(C)(C)C)c([2H])c([2H])c12.[2H]c1c([2H])c([2H])c2c(c1[2H])c1c([2H])c([2H])c([2H])c([2H])c1c1c([2H])c(C(C)(C)C)c([2H])c([2H])c21. The van der Waals surface area contributed by atoms with Crippen molar-refractivity contribution in [3.8, 4) is 55.6 Å². The summed E-state index contributed by atoms with van der Waals surface area (Å²) in [5, 5.41) is 4.39. The molecule has 19 rings (SSSR count). The molecule has 0 heterocycles. The van der Waals surface area contributed by atoms with Gasteiger partial charge in [0.15, 0.2) is 0 Å². The summed E-state index contributed by atoms with van der Waals surface area (Å²) in [6.07, 6.45) is 0. The molecular formula is C130H140. The summed E-state index contributed by atoms with van der Waals surface area (Å²) in [6.45, 7) is 41.4. The minimum Gasteiger partial charge on any atom is -0.0776 e. The average Bonchev–Trinajstić information content (AvgIpc) is 0.688. The molecule has 0 aromatic heterocycles. The molecule has 0 nitrogen and oxygen atoms in total. The van der Waals surface area contributed by atoms with E-state index < -0.39 is 136 Å². The second-order valence-electron chi connectivity index (χ2n) is 37.9. The van der Waals surface area contributed by atoms with Gasteiger partial charge in [-0.15, -0.1) is 0 Å². The first kappa shape index (κ1) is 53.2. The zero-order valence-electron chi connectivity index (χ0n) is 121. The van der Waals surface area contributed by atoms with Crippen LogP contribution in [0.25, 0.3) is 131 Å². The third kappa shape index (κ3) is 24.7. The zero-order chi connectivity index (χ0) is 130. The molecular weight excluding hydrogens is 1560 g/mol. The van der Waals surface area contributed by atoms with Crippen LogP contribution in [-0.4, -0.2) is 0 Å². The van der Waals surface area contributed by atoms with Crippen LogP contribution in [0.3, 0.4) is 0 Å². The maximum Gasteiger partial charge on any atom is 0.0633 e. The third-order valence-corrected chi connectivity index (χ3v) is 21.0. The van der Waals surface area contributed by atoms with Crippen LogP contribution in [0.15, 0.2) is 418 Å². The molecule has 0 N–H and O–H groups in total. The van der Waals surface area contributed by atoms with Gasteiger partial charge < -0.3 is 0 Å². The highest BCUT2D eigenvalue weighted by molar-refractivity contribution is 6.25. The van der Waals surface area contributed by atoms with Gasteiger partial charge in [-0.3, -0.25) is 0 Å². The standard InChI is InChI=1S/C24H22.C22H20.C22H22.C18H18.2C16H18.C10H14.2CH4/c1-24(2,3)23-14-7-6-11-22(23)20-13-8-12-19-18-10-5-4-9-17(18)15-16-21(19)20;1-22(2,3)15-12-13-20-18-10-5-4-8-16(18)17-9-6-7-11-19(17)21(20)14-15;1-22(2,3)21-15-19(17-10-6-4-7-11-17)14-20(16-21)18-12-8-5-9-13-18;1-18(2,3)15-10-11-17-14(12-15)9-8-13-6-4-5-7-16(13)17;1-16(2,3)15-11-7-10-14(12-15)13-8-5-4-6-9-13;1-16(2,3)15-11-9-14(10-12-15)13-7-5-4-6-8-13;1-10(2,3)9-7-5-4-6-8-9;;/h4-16H,1-3H3;4-14H,1-3H3;4-16H,1-3H3;4-12H,1-3H3;2*4-12H,1-3H3;4-8H,1-3H3;2*1H4/i;4D,5D,6D,7D,8D,9D,10D,11D,12D,13D,14D;4D,5D,6D,7D,8D,9D,10D,11D,12D,13D;4D,5D,6D,7D,8D,9D,10D,11D,12D;4D,5D,6D,8D,9D;2*4D,5D,6D,7D,8D;;. The van der Waals surface area contributed by atoms with Crippen LogP contribution in [0.2, 0.25) is 0 Å². The molecule has 660 valence electrons. The lowest BCUT2D eigenvalue weighted by Crippen LogP contribution is -2.12. The largest absolute Gasteiger partial charge is 0.0776 e. The van der Waals surface area contributed by atoms with E-state index in [1.165, 1.54) is 44.3 Å². The highest BCUT2D eigenvalue weighted by atomic mass is 14.3. The second kappa shape index (κ2) is 42.1. The molecule has 0 saturated heterocycles. The smallest absolute Gasteiger partial charge is 0.0633 e. The molecule has 0 saturated carbocycles. The highest BCUT2D eigenvalue weighted by Crippen LogP contribution is 2.42. The van der Waals surface area contributed by atoms with Crippen LogP contribution in [0.4, 0.5) is 0 Å². The van der Waals surface area contributed by atoms with E-state index in [1.807, 2.05) is 84.0 Å². The summed E-state index contributed by atoms with van der Waals surface area (Å²) in [5.41, 5.74) is 8.07. The average molecular weight is 1750 g/mol. The molecule has 19 aromatic rings. The highest BCUT2D eigenvalue weighted by Gasteiger charge is 2.23. The molecule has 0 spiro atoms. The van der Waals surface area contributed by atoms with Gasteiger partial charge >= 0.3 is 0 Å². The van der Waals surface area contributed by atoms with Crippen molar-refractivity contribution in [3.05, 3.63) is 456 Å². The van der Waals surface area contributed by atoms with E-state index in [-0.39, 0.29) is 275 Å². The molecule has 0 unspecified atom stereocenters. The summed E-state index contributed by atoms with van der Waals surface area (Å²) in [6, 6.07) is 32.3. The van der Waals surface area contributed by atoms with Crippen molar-refractivity contribution >= 4 is 75.4 Å². The fourth-order valence-corrected chi connectivity index (χ4v) is 13.8. The van der Waals surface area contributed by atoms with Crippen LogP contribution in [0, 0.1) is 0 Å². The molecule has 0 aliphatic carbocycles. The van der Waals surface area contributed by atoms with Gasteiger partial charge in [0.25, 0.3) is 0 Å². The van der Waals surface area contributed by atoms with Gasteiger partial charge in [0.1, 0.15) is 0 Å². The Morgan fingerprint density at radius 2 is 0.531 bits per heavy atom. The molecule has 0 bridgehead atoms. The van der Waals surface area contributed by atoms with Gasteiger partial charge in [-0.1, -0.05) is 566 Å². The first-order chi connectivity index (χ1) is 79.6. The lowest BCUT2D eigenvalue weighted by atomic mass is 9.81. The maximum absolute atomic E-state index is 8.95. The Morgan fingerprint density at radius 1 is 0.162 bits per heavy atom. The number of hydrogen-bond donors (Lipinski definition) is 0. The molecule has 0 atom stereocenters. The van der Waals surface area contributed by atoms with Gasteiger partial charge in [-0.25, -0.2) is 0 Å². The van der Waals surface area contributed by atoms with Crippen LogP contribution in [0.5, 0.6) is 0 Å². The monoisotopic (exact) mass is 1750 g/mol. The summed E-state index contributed by atoms with van der Waals surface area (Å²) in [7, 11) is 0. The van der Waals surface area contributed by atoms with Gasteiger partial charge in [0.05, 0.1) is 61.7 Å². The maximum atomic E-state index is 8.95. The van der Waals surface area contributed by atoms with Crippen LogP contribution < -0.4 is 0 Å². The molecule has 130 heavy (non-hydrogen) atoms. The van der Waals surface area contributed by atoms with Gasteiger partial charge in [0, 0.05) is 0 Å². The molecule has 19 aromatic carbocycles. The van der Waals surface area contributed by atoms with Crippen molar-refractivity contribution in [2.45, 2.75) is 198 Å². The summed E-state index contributed by atoms with van der Waals surface area (Å²) in [5.74, 6) is 0. The van der Waals surface area contributed by atoms with Crippen LogP contribution >= 0.6 is 0 Å². The number of rotatable bonds is 5. The van der Waals surface area contributed by atoms with Crippen molar-refractivity contribution in [2.24, 2.45) is 0 Å². The van der Waals surface area contributed by atoms with Crippen molar-refractivity contribution in [1.29, 1.82) is 0 Å². The van der Waals surface area contributed by atoms with E-state index in [0.717, 1.165) is 16.7 Å². The Balaban J connectivity index is 0.000000192.